The number of nitrogens with zero attached hydrogens (tertiary/aromatic N) is 2. The number of amides is 1. The van der Waals surface area contributed by atoms with E-state index in [9.17, 15) is 4.79 Å². The van der Waals surface area contributed by atoms with Crippen LogP contribution in [0.25, 0.3) is 0 Å². The van der Waals surface area contributed by atoms with Gasteiger partial charge in [-0.15, -0.1) is 0 Å². The summed E-state index contributed by atoms with van der Waals surface area (Å²) >= 11 is 0. The van der Waals surface area contributed by atoms with Gasteiger partial charge in [0.2, 0.25) is 5.91 Å². The van der Waals surface area contributed by atoms with Gasteiger partial charge in [-0.05, 0) is 5.56 Å². The molecule has 0 aromatic heterocycles. The van der Waals surface area contributed by atoms with Gasteiger partial charge >= 0.3 is 0 Å². The molecule has 17 heavy (non-hydrogen) atoms. The van der Waals surface area contributed by atoms with Gasteiger partial charge in [0, 0.05) is 19.6 Å². The van der Waals surface area contributed by atoms with Gasteiger partial charge in [-0.25, -0.2) is 0 Å². The molecule has 4 nitrogen and oxygen atoms in total. The smallest absolute Gasteiger partial charge is 0.223 e. The largest absolute Gasteiger partial charge is 0.369 e. The molecule has 4 heteroatoms. The zero-order valence-electron chi connectivity index (χ0n) is 9.54. The SMILES string of the molecule is N#C[C@@H]1CN(Cc2ccccc2)C[C@@H]1C(N)=O. The van der Waals surface area contributed by atoms with E-state index in [4.69, 9.17) is 11.0 Å². The molecule has 0 unspecified atom stereocenters. The lowest BCUT2D eigenvalue weighted by Gasteiger charge is -2.14. The van der Waals surface area contributed by atoms with Crippen LogP contribution in [-0.4, -0.2) is 23.9 Å². The normalized spacial score (nSPS) is 24.4. The fraction of sp³-hybridized carbons (Fsp3) is 0.385. The molecule has 1 aliphatic heterocycles. The maximum Gasteiger partial charge on any atom is 0.223 e. The van der Waals surface area contributed by atoms with Crippen molar-refractivity contribution in [2.45, 2.75) is 6.54 Å². The third-order valence-corrected chi connectivity index (χ3v) is 3.18. The van der Waals surface area contributed by atoms with Gasteiger partial charge in [-0.2, -0.15) is 5.26 Å². The number of benzene rings is 1. The molecule has 0 bridgehead atoms. The lowest BCUT2D eigenvalue weighted by molar-refractivity contribution is -0.122. The number of nitriles is 1. The molecule has 1 heterocycles. The fourth-order valence-corrected chi connectivity index (χ4v) is 2.28. The van der Waals surface area contributed by atoms with Gasteiger partial charge in [0.15, 0.2) is 0 Å². The van der Waals surface area contributed by atoms with Crippen LogP contribution in [0.4, 0.5) is 0 Å². The predicted octanol–water partition coefficient (Wildman–Crippen LogP) is 0.743. The Bertz CT molecular complexity index is 438. The van der Waals surface area contributed by atoms with Crippen LogP contribution in [-0.2, 0) is 11.3 Å². The average molecular weight is 229 g/mol. The second kappa shape index (κ2) is 4.98. The Morgan fingerprint density at radius 3 is 2.65 bits per heavy atom. The van der Waals surface area contributed by atoms with E-state index in [-0.39, 0.29) is 17.7 Å². The molecule has 1 saturated heterocycles. The molecule has 88 valence electrons. The number of hydrogen-bond acceptors (Lipinski definition) is 3. The number of nitrogens with two attached hydrogens (primary N) is 1. The molecular formula is C13H15N3O. The number of carbonyl (C=O) groups is 1. The number of rotatable bonds is 3. The van der Waals surface area contributed by atoms with E-state index in [1.807, 2.05) is 30.3 Å². The lowest BCUT2D eigenvalue weighted by Crippen LogP contribution is -2.29. The van der Waals surface area contributed by atoms with Crippen LogP contribution in [0.15, 0.2) is 30.3 Å². The van der Waals surface area contributed by atoms with E-state index in [2.05, 4.69) is 11.0 Å². The number of hydrogen-bond donors (Lipinski definition) is 1. The van der Waals surface area contributed by atoms with Gasteiger partial charge in [-0.3, -0.25) is 9.69 Å². The molecule has 2 atom stereocenters. The number of carbonyl (C=O) groups excluding carboxylic acids is 1. The third kappa shape index (κ3) is 2.63. The van der Waals surface area contributed by atoms with Crippen molar-refractivity contribution in [3.63, 3.8) is 0 Å². The maximum atomic E-state index is 11.2. The van der Waals surface area contributed by atoms with Gasteiger partial charge in [0.05, 0.1) is 17.9 Å². The highest BCUT2D eigenvalue weighted by atomic mass is 16.1. The first-order valence-corrected chi connectivity index (χ1v) is 5.66. The molecule has 0 spiro atoms. The predicted molar refractivity (Wildman–Crippen MR) is 63.5 cm³/mol. The van der Waals surface area contributed by atoms with Crippen LogP contribution in [0.5, 0.6) is 0 Å². The standard InChI is InChI=1S/C13H15N3O/c14-6-11-8-16(9-12(11)13(15)17)7-10-4-2-1-3-5-10/h1-5,11-12H,7-9H2,(H2,15,17)/t11-,12+/m1/s1. The Hall–Kier alpha value is -1.86. The van der Waals surface area contributed by atoms with Crippen LogP contribution in [0.2, 0.25) is 0 Å². The van der Waals surface area contributed by atoms with Gasteiger partial charge < -0.3 is 5.73 Å². The van der Waals surface area contributed by atoms with Crippen molar-refractivity contribution in [2.24, 2.45) is 17.6 Å². The summed E-state index contributed by atoms with van der Waals surface area (Å²) in [6.45, 7) is 1.98. The summed E-state index contributed by atoms with van der Waals surface area (Å²) < 4.78 is 0. The van der Waals surface area contributed by atoms with E-state index >= 15 is 0 Å². The zero-order valence-corrected chi connectivity index (χ0v) is 9.54. The Kier molecular flexibility index (Phi) is 3.40. The van der Waals surface area contributed by atoms with Crippen LogP contribution in [0.3, 0.4) is 0 Å². The van der Waals surface area contributed by atoms with Crippen LogP contribution < -0.4 is 5.73 Å². The maximum absolute atomic E-state index is 11.2. The monoisotopic (exact) mass is 229 g/mol. The fourth-order valence-electron chi connectivity index (χ4n) is 2.28. The van der Waals surface area contributed by atoms with E-state index in [1.165, 1.54) is 5.56 Å². The van der Waals surface area contributed by atoms with E-state index in [0.29, 0.717) is 13.1 Å². The van der Waals surface area contributed by atoms with E-state index in [1.54, 1.807) is 0 Å². The Balaban J connectivity index is 2.02. The summed E-state index contributed by atoms with van der Waals surface area (Å²) in [5.74, 6) is -0.966. The van der Waals surface area contributed by atoms with Crippen molar-refractivity contribution >= 4 is 5.91 Å². The minimum atomic E-state index is -0.368. The van der Waals surface area contributed by atoms with Crippen LogP contribution in [0.1, 0.15) is 5.56 Å². The topological polar surface area (TPSA) is 70.1 Å². The first-order chi connectivity index (χ1) is 8.20. The molecule has 1 amide bonds. The molecule has 0 aliphatic carbocycles. The minimum Gasteiger partial charge on any atom is -0.369 e. The Labute approximate surface area is 101 Å². The van der Waals surface area contributed by atoms with Crippen LogP contribution in [0, 0.1) is 23.2 Å². The van der Waals surface area contributed by atoms with Crippen molar-refractivity contribution in [2.75, 3.05) is 13.1 Å². The molecule has 1 aromatic carbocycles. The number of likely N-dealkylation sites (tertiary alicyclic amines) is 1. The van der Waals surface area contributed by atoms with Crippen LogP contribution >= 0.6 is 0 Å². The Morgan fingerprint density at radius 1 is 1.41 bits per heavy atom. The summed E-state index contributed by atoms with van der Waals surface area (Å²) in [5.41, 5.74) is 6.49. The van der Waals surface area contributed by atoms with E-state index < -0.39 is 0 Å². The highest BCUT2D eigenvalue weighted by Gasteiger charge is 2.36. The molecule has 1 aliphatic rings. The Morgan fingerprint density at radius 2 is 2.12 bits per heavy atom. The van der Waals surface area contributed by atoms with Gasteiger partial charge in [0.25, 0.3) is 0 Å². The summed E-state index contributed by atoms with van der Waals surface area (Å²) in [6, 6.07) is 12.2. The van der Waals surface area contributed by atoms with Gasteiger partial charge in [-0.1, -0.05) is 30.3 Å². The second-order valence-electron chi connectivity index (χ2n) is 4.42. The molecule has 2 rings (SSSR count). The average Bonchev–Trinajstić information content (AvgIpc) is 2.73. The van der Waals surface area contributed by atoms with Crippen molar-refractivity contribution in [1.29, 1.82) is 5.26 Å². The first-order valence-electron chi connectivity index (χ1n) is 5.66. The van der Waals surface area contributed by atoms with E-state index in [0.717, 1.165) is 6.54 Å². The number of primary amides is 1. The lowest BCUT2D eigenvalue weighted by atomic mass is 9.97. The van der Waals surface area contributed by atoms with Crippen molar-refractivity contribution in [3.8, 4) is 6.07 Å². The molecule has 1 aromatic rings. The molecule has 0 saturated carbocycles. The van der Waals surface area contributed by atoms with Crippen molar-refractivity contribution in [1.82, 2.24) is 4.90 Å². The molecule has 2 N–H and O–H groups in total. The first kappa shape index (κ1) is 11.6. The molecular weight excluding hydrogens is 214 g/mol. The summed E-state index contributed by atoms with van der Waals surface area (Å²) in [6.07, 6.45) is 0. The highest BCUT2D eigenvalue weighted by molar-refractivity contribution is 5.78. The molecule has 1 fully saturated rings. The quantitative estimate of drug-likeness (QED) is 0.831. The molecule has 0 radical (unpaired) electrons. The summed E-state index contributed by atoms with van der Waals surface area (Å²) in [7, 11) is 0. The highest BCUT2D eigenvalue weighted by Crippen LogP contribution is 2.24. The second-order valence-corrected chi connectivity index (χ2v) is 4.42. The van der Waals surface area contributed by atoms with Crippen molar-refractivity contribution in [3.05, 3.63) is 35.9 Å². The zero-order chi connectivity index (χ0) is 12.3. The minimum absolute atomic E-state index is 0.267. The summed E-state index contributed by atoms with van der Waals surface area (Å²) in [4.78, 5) is 13.3. The van der Waals surface area contributed by atoms with Crippen molar-refractivity contribution < 1.29 is 4.79 Å². The third-order valence-electron chi connectivity index (χ3n) is 3.18. The summed E-state index contributed by atoms with van der Waals surface area (Å²) in [5, 5.41) is 8.98. The van der Waals surface area contributed by atoms with Gasteiger partial charge in [0.1, 0.15) is 0 Å².